The zero-order valence-electron chi connectivity index (χ0n) is 14.0. The number of fused-ring (bicyclic) bond motifs is 3. The second kappa shape index (κ2) is 6.13. The molecule has 4 nitrogen and oxygen atoms in total. The van der Waals surface area contributed by atoms with Gasteiger partial charge in [-0.3, -0.25) is 4.79 Å². The van der Waals surface area contributed by atoms with Crippen molar-refractivity contribution in [2.45, 2.75) is 51.8 Å². The molecule has 1 atom stereocenters. The van der Waals surface area contributed by atoms with E-state index >= 15 is 0 Å². The van der Waals surface area contributed by atoms with E-state index in [1.54, 1.807) is 11.3 Å². The van der Waals surface area contributed by atoms with Crippen molar-refractivity contribution < 1.29 is 9.53 Å². The maximum Gasteiger partial charge on any atom is 0.256 e. The number of nitrogens with one attached hydrogen (secondary N) is 2. The topological polar surface area (TPSA) is 50.4 Å². The van der Waals surface area contributed by atoms with E-state index in [9.17, 15) is 4.79 Å². The lowest BCUT2D eigenvalue weighted by Crippen LogP contribution is -2.38. The molecular formula is C19H22N2O2S. The molecule has 1 aliphatic heterocycles. The number of thiophene rings is 1. The summed E-state index contributed by atoms with van der Waals surface area (Å²) in [6.45, 7) is 4.02. The summed E-state index contributed by atoms with van der Waals surface area (Å²) >= 11 is 1.75. The summed E-state index contributed by atoms with van der Waals surface area (Å²) in [5, 5.41) is 7.63. The molecule has 0 spiro atoms. The second-order valence-corrected chi connectivity index (χ2v) is 7.81. The number of hydrogen-bond donors (Lipinski definition) is 2. The highest BCUT2D eigenvalue weighted by Crippen LogP contribution is 2.41. The van der Waals surface area contributed by atoms with Crippen LogP contribution in [-0.2, 0) is 12.8 Å². The number of amides is 1. The van der Waals surface area contributed by atoms with E-state index in [-0.39, 0.29) is 18.2 Å². The molecule has 24 heavy (non-hydrogen) atoms. The molecule has 0 bridgehead atoms. The Balaban J connectivity index is 1.58. The summed E-state index contributed by atoms with van der Waals surface area (Å²) < 4.78 is 5.68. The number of rotatable bonds is 3. The van der Waals surface area contributed by atoms with Gasteiger partial charge in [0, 0.05) is 4.88 Å². The Kier molecular flexibility index (Phi) is 3.96. The van der Waals surface area contributed by atoms with E-state index in [2.05, 4.69) is 10.6 Å². The largest absolute Gasteiger partial charge is 0.491 e. The molecule has 4 rings (SSSR count). The standard InChI is InChI=1S/C19H22N2O2S/c1-11(2)23-13-9-7-12(8-10-13)17-20-18(22)16-14-5-3-4-6-15(14)24-19(16)21-17/h7-11,17,21H,3-6H2,1-2H3,(H,20,22)/t17-/m0/s1. The van der Waals surface area contributed by atoms with Gasteiger partial charge in [0.15, 0.2) is 0 Å². The number of carbonyl (C=O) groups is 1. The fourth-order valence-corrected chi connectivity index (χ4v) is 4.77. The first-order valence-electron chi connectivity index (χ1n) is 8.60. The van der Waals surface area contributed by atoms with Gasteiger partial charge in [-0.05, 0) is 62.8 Å². The van der Waals surface area contributed by atoms with Crippen LogP contribution < -0.4 is 15.4 Å². The van der Waals surface area contributed by atoms with Gasteiger partial charge in [0.2, 0.25) is 0 Å². The molecule has 1 aliphatic carbocycles. The smallest absolute Gasteiger partial charge is 0.256 e. The molecule has 5 heteroatoms. The van der Waals surface area contributed by atoms with Crippen molar-refractivity contribution in [1.29, 1.82) is 0 Å². The van der Waals surface area contributed by atoms with Gasteiger partial charge in [0.25, 0.3) is 5.91 Å². The van der Waals surface area contributed by atoms with Crippen LogP contribution in [0.15, 0.2) is 24.3 Å². The van der Waals surface area contributed by atoms with Crippen LogP contribution in [0.4, 0.5) is 5.00 Å². The first kappa shape index (κ1) is 15.5. The lowest BCUT2D eigenvalue weighted by molar-refractivity contribution is 0.0935. The summed E-state index contributed by atoms with van der Waals surface area (Å²) in [5.41, 5.74) is 3.19. The van der Waals surface area contributed by atoms with Gasteiger partial charge in [0.1, 0.15) is 16.9 Å². The fourth-order valence-electron chi connectivity index (χ4n) is 3.46. The zero-order chi connectivity index (χ0) is 16.7. The third kappa shape index (κ3) is 2.77. The van der Waals surface area contributed by atoms with Crippen molar-refractivity contribution in [3.63, 3.8) is 0 Å². The lowest BCUT2D eigenvalue weighted by Gasteiger charge is -2.27. The first-order chi connectivity index (χ1) is 11.6. The van der Waals surface area contributed by atoms with Gasteiger partial charge >= 0.3 is 0 Å². The van der Waals surface area contributed by atoms with Crippen molar-refractivity contribution in [3.05, 3.63) is 45.8 Å². The normalized spacial score (nSPS) is 19.3. The number of benzene rings is 1. The summed E-state index contributed by atoms with van der Waals surface area (Å²) in [5.74, 6) is 0.902. The summed E-state index contributed by atoms with van der Waals surface area (Å²) in [4.78, 5) is 14.0. The van der Waals surface area contributed by atoms with Crippen molar-refractivity contribution in [3.8, 4) is 5.75 Å². The SMILES string of the molecule is CC(C)Oc1ccc([C@H]2NC(=O)c3c(sc4c3CCCC4)N2)cc1. The number of ether oxygens (including phenoxy) is 1. The Morgan fingerprint density at radius 3 is 2.62 bits per heavy atom. The zero-order valence-corrected chi connectivity index (χ0v) is 14.8. The quantitative estimate of drug-likeness (QED) is 0.876. The maximum atomic E-state index is 12.6. The summed E-state index contributed by atoms with van der Waals surface area (Å²) in [6.07, 6.45) is 4.52. The highest BCUT2D eigenvalue weighted by molar-refractivity contribution is 7.16. The van der Waals surface area contributed by atoms with Crippen LogP contribution in [0, 0.1) is 0 Å². The molecule has 2 heterocycles. The average Bonchev–Trinajstić information content (AvgIpc) is 2.93. The van der Waals surface area contributed by atoms with Crippen LogP contribution in [0.1, 0.15) is 59.2 Å². The molecule has 2 aliphatic rings. The molecule has 0 radical (unpaired) electrons. The third-order valence-corrected chi connectivity index (χ3v) is 5.76. The van der Waals surface area contributed by atoms with Crippen LogP contribution in [0.25, 0.3) is 0 Å². The van der Waals surface area contributed by atoms with Gasteiger partial charge < -0.3 is 15.4 Å². The van der Waals surface area contributed by atoms with Crippen LogP contribution in [0.3, 0.4) is 0 Å². The van der Waals surface area contributed by atoms with Gasteiger partial charge in [-0.2, -0.15) is 0 Å². The van der Waals surface area contributed by atoms with Crippen molar-refractivity contribution in [2.75, 3.05) is 5.32 Å². The van der Waals surface area contributed by atoms with Crippen LogP contribution in [0.5, 0.6) is 5.75 Å². The van der Waals surface area contributed by atoms with Gasteiger partial charge in [-0.1, -0.05) is 12.1 Å². The van der Waals surface area contributed by atoms with Crippen molar-refractivity contribution >= 4 is 22.2 Å². The van der Waals surface area contributed by atoms with Crippen LogP contribution in [-0.4, -0.2) is 12.0 Å². The second-order valence-electron chi connectivity index (χ2n) is 6.70. The van der Waals surface area contributed by atoms with Crippen molar-refractivity contribution in [1.82, 2.24) is 5.32 Å². The van der Waals surface area contributed by atoms with E-state index in [1.165, 1.54) is 23.3 Å². The molecule has 0 unspecified atom stereocenters. The van der Waals surface area contributed by atoms with Gasteiger partial charge in [0.05, 0.1) is 11.7 Å². The number of carbonyl (C=O) groups excluding carboxylic acids is 1. The Morgan fingerprint density at radius 2 is 1.88 bits per heavy atom. The Hall–Kier alpha value is -2.01. The summed E-state index contributed by atoms with van der Waals surface area (Å²) in [7, 11) is 0. The number of anilines is 1. The Labute approximate surface area is 146 Å². The predicted molar refractivity (Wildman–Crippen MR) is 97.0 cm³/mol. The molecule has 0 saturated heterocycles. The molecule has 0 fully saturated rings. The third-order valence-electron chi connectivity index (χ3n) is 4.53. The highest BCUT2D eigenvalue weighted by Gasteiger charge is 2.31. The number of aryl methyl sites for hydroxylation is 1. The minimum absolute atomic E-state index is 0.0515. The van der Waals surface area contributed by atoms with Gasteiger partial charge in [-0.25, -0.2) is 0 Å². The minimum Gasteiger partial charge on any atom is -0.491 e. The van der Waals surface area contributed by atoms with Crippen LogP contribution >= 0.6 is 11.3 Å². The highest BCUT2D eigenvalue weighted by atomic mass is 32.1. The molecule has 126 valence electrons. The molecular weight excluding hydrogens is 320 g/mol. The van der Waals surface area contributed by atoms with Gasteiger partial charge in [-0.15, -0.1) is 11.3 Å². The molecule has 1 aromatic carbocycles. The fraction of sp³-hybridized carbons (Fsp3) is 0.421. The Morgan fingerprint density at radius 1 is 1.12 bits per heavy atom. The molecule has 0 saturated carbocycles. The maximum absolute atomic E-state index is 12.6. The molecule has 1 amide bonds. The Bertz CT molecular complexity index is 764. The molecule has 1 aromatic heterocycles. The average molecular weight is 342 g/mol. The predicted octanol–water partition coefficient (Wildman–Crippen LogP) is 4.27. The lowest BCUT2D eigenvalue weighted by atomic mass is 9.94. The molecule has 2 aromatic rings. The minimum atomic E-state index is -0.182. The monoisotopic (exact) mass is 342 g/mol. The van der Waals surface area contributed by atoms with E-state index < -0.39 is 0 Å². The van der Waals surface area contributed by atoms with E-state index in [0.717, 1.165) is 34.7 Å². The van der Waals surface area contributed by atoms with Crippen molar-refractivity contribution in [2.24, 2.45) is 0 Å². The van der Waals surface area contributed by atoms with E-state index in [4.69, 9.17) is 4.74 Å². The molecule has 2 N–H and O–H groups in total. The first-order valence-corrected chi connectivity index (χ1v) is 9.42. The summed E-state index contributed by atoms with van der Waals surface area (Å²) in [6, 6.07) is 7.93. The van der Waals surface area contributed by atoms with E-state index in [1.807, 2.05) is 38.1 Å². The number of hydrogen-bond acceptors (Lipinski definition) is 4. The van der Waals surface area contributed by atoms with E-state index in [0.29, 0.717) is 0 Å². The van der Waals surface area contributed by atoms with Crippen LogP contribution in [0.2, 0.25) is 0 Å².